The fraction of sp³-hybridized carbons (Fsp3) is 0.615. The summed E-state index contributed by atoms with van der Waals surface area (Å²) in [6, 6.07) is 2.26. The Morgan fingerprint density at radius 2 is 2.39 bits per heavy atom. The van der Waals surface area contributed by atoms with Gasteiger partial charge in [0.2, 0.25) is 5.91 Å². The van der Waals surface area contributed by atoms with Crippen molar-refractivity contribution >= 4 is 29.7 Å². The van der Waals surface area contributed by atoms with E-state index in [9.17, 15) is 4.79 Å². The van der Waals surface area contributed by atoms with Gasteiger partial charge in [0.15, 0.2) is 0 Å². The van der Waals surface area contributed by atoms with E-state index < -0.39 is 0 Å². The van der Waals surface area contributed by atoms with Crippen LogP contribution in [-0.4, -0.2) is 29.9 Å². The zero-order valence-corrected chi connectivity index (χ0v) is 12.3. The molecule has 1 amide bonds. The maximum Gasteiger partial charge on any atom is 0.227 e. The molecule has 1 aromatic rings. The quantitative estimate of drug-likeness (QED) is 0.928. The maximum atomic E-state index is 12.2. The van der Waals surface area contributed by atoms with Gasteiger partial charge >= 0.3 is 0 Å². The van der Waals surface area contributed by atoms with Crippen LogP contribution in [0.15, 0.2) is 16.8 Å². The van der Waals surface area contributed by atoms with E-state index in [4.69, 9.17) is 5.73 Å². The number of halogens is 1. The van der Waals surface area contributed by atoms with Crippen LogP contribution in [0.3, 0.4) is 0 Å². The lowest BCUT2D eigenvalue weighted by atomic mass is 9.92. The van der Waals surface area contributed by atoms with Gasteiger partial charge in [-0.15, -0.1) is 12.4 Å². The molecule has 2 unspecified atom stereocenters. The molecule has 0 radical (unpaired) electrons. The molecule has 1 fully saturated rings. The molecule has 0 bridgehead atoms. The van der Waals surface area contributed by atoms with Crippen molar-refractivity contribution in [2.24, 2.45) is 11.7 Å². The van der Waals surface area contributed by atoms with Gasteiger partial charge in [-0.05, 0) is 41.1 Å². The zero-order chi connectivity index (χ0) is 12.3. The fourth-order valence-electron chi connectivity index (χ4n) is 2.47. The number of thiophene rings is 1. The summed E-state index contributed by atoms with van der Waals surface area (Å²) in [4.78, 5) is 14.2. The molecule has 1 aromatic heterocycles. The lowest BCUT2D eigenvalue weighted by Crippen LogP contribution is -2.49. The molecule has 1 aliphatic rings. The number of hydrogen-bond acceptors (Lipinski definition) is 3. The minimum atomic E-state index is 0. The largest absolute Gasteiger partial charge is 0.338 e. The van der Waals surface area contributed by atoms with Crippen LogP contribution < -0.4 is 5.73 Å². The second-order valence-corrected chi connectivity index (χ2v) is 5.69. The number of nitrogens with zero attached hydrogens (tertiary/aromatic N) is 1. The fourth-order valence-corrected chi connectivity index (χ4v) is 3.14. The molecule has 2 heterocycles. The molecule has 2 rings (SSSR count). The van der Waals surface area contributed by atoms with Gasteiger partial charge in [0.1, 0.15) is 0 Å². The molecule has 0 saturated carbocycles. The highest BCUT2D eigenvalue weighted by Gasteiger charge is 2.28. The molecular weight excluding hydrogens is 268 g/mol. The minimum absolute atomic E-state index is 0. The number of rotatable bonds is 3. The molecule has 2 N–H and O–H groups in total. The van der Waals surface area contributed by atoms with Crippen LogP contribution in [0.5, 0.6) is 0 Å². The molecule has 5 heteroatoms. The normalized spacial score (nSPS) is 23.6. The second kappa shape index (κ2) is 7.12. The molecule has 0 spiro atoms. The van der Waals surface area contributed by atoms with E-state index in [2.05, 4.69) is 6.92 Å². The van der Waals surface area contributed by atoms with Crippen molar-refractivity contribution < 1.29 is 4.79 Å². The van der Waals surface area contributed by atoms with Crippen molar-refractivity contribution in [3.05, 3.63) is 22.4 Å². The number of amides is 1. The van der Waals surface area contributed by atoms with Crippen LogP contribution in [0.2, 0.25) is 0 Å². The Kier molecular flexibility index (Phi) is 6.12. The van der Waals surface area contributed by atoms with Gasteiger partial charge in [0.05, 0.1) is 6.42 Å². The third-order valence-electron chi connectivity index (χ3n) is 3.51. The lowest BCUT2D eigenvalue weighted by Gasteiger charge is -2.38. The summed E-state index contributed by atoms with van der Waals surface area (Å²) in [5, 5.41) is 4.06. The van der Waals surface area contributed by atoms with Crippen LogP contribution in [0.25, 0.3) is 0 Å². The Balaban J connectivity index is 0.00000162. The summed E-state index contributed by atoms with van der Waals surface area (Å²) in [7, 11) is 0. The van der Waals surface area contributed by atoms with Gasteiger partial charge in [-0.25, -0.2) is 0 Å². The minimum Gasteiger partial charge on any atom is -0.338 e. The highest BCUT2D eigenvalue weighted by atomic mass is 35.5. The second-order valence-electron chi connectivity index (χ2n) is 4.91. The number of carbonyl (C=O) groups is 1. The molecule has 2 atom stereocenters. The molecule has 0 aromatic carbocycles. The van der Waals surface area contributed by atoms with Crippen LogP contribution in [0, 0.1) is 5.92 Å². The Morgan fingerprint density at radius 3 is 3.00 bits per heavy atom. The van der Waals surface area contributed by atoms with Crippen LogP contribution >= 0.6 is 23.7 Å². The Hall–Kier alpha value is -0.580. The number of piperidine rings is 1. The van der Waals surface area contributed by atoms with Crippen molar-refractivity contribution in [3.8, 4) is 0 Å². The van der Waals surface area contributed by atoms with Crippen LogP contribution in [0.1, 0.15) is 25.3 Å². The van der Waals surface area contributed by atoms with Gasteiger partial charge in [-0.1, -0.05) is 6.92 Å². The first kappa shape index (κ1) is 15.5. The molecular formula is C13H21ClN2OS. The van der Waals surface area contributed by atoms with Gasteiger partial charge in [-0.2, -0.15) is 11.3 Å². The van der Waals surface area contributed by atoms with Crippen molar-refractivity contribution in [2.75, 3.05) is 13.1 Å². The standard InChI is InChI=1S/C13H20N2OS.ClH/c1-10-2-4-15(12(6-10)8-14)13(16)7-11-3-5-17-9-11;/h3,5,9-10,12H,2,4,6-8,14H2,1H3;1H. The van der Waals surface area contributed by atoms with E-state index in [1.165, 1.54) is 0 Å². The first-order valence-corrected chi connectivity index (χ1v) is 7.15. The van der Waals surface area contributed by atoms with Crippen LogP contribution in [0.4, 0.5) is 0 Å². The predicted octanol–water partition coefficient (Wildman–Crippen LogP) is 2.30. The summed E-state index contributed by atoms with van der Waals surface area (Å²) >= 11 is 1.64. The molecule has 1 saturated heterocycles. The SMILES string of the molecule is CC1CCN(C(=O)Cc2ccsc2)C(CN)C1.Cl. The van der Waals surface area contributed by atoms with Crippen molar-refractivity contribution in [1.29, 1.82) is 0 Å². The van der Waals surface area contributed by atoms with Gasteiger partial charge in [0.25, 0.3) is 0 Å². The number of hydrogen-bond donors (Lipinski definition) is 1. The van der Waals surface area contributed by atoms with Gasteiger partial charge in [0, 0.05) is 19.1 Å². The topological polar surface area (TPSA) is 46.3 Å². The summed E-state index contributed by atoms with van der Waals surface area (Å²) in [6.45, 7) is 3.69. The Labute approximate surface area is 119 Å². The summed E-state index contributed by atoms with van der Waals surface area (Å²) in [5.41, 5.74) is 6.90. The predicted molar refractivity (Wildman–Crippen MR) is 78.2 cm³/mol. The van der Waals surface area contributed by atoms with Gasteiger partial charge in [-0.3, -0.25) is 4.79 Å². The Bertz CT molecular complexity index is 369. The average molecular weight is 289 g/mol. The number of nitrogens with two attached hydrogens (primary N) is 1. The van der Waals surface area contributed by atoms with Crippen molar-refractivity contribution in [2.45, 2.75) is 32.2 Å². The van der Waals surface area contributed by atoms with E-state index >= 15 is 0 Å². The summed E-state index contributed by atoms with van der Waals surface area (Å²) < 4.78 is 0. The maximum absolute atomic E-state index is 12.2. The molecule has 102 valence electrons. The van der Waals surface area contributed by atoms with Crippen molar-refractivity contribution in [3.63, 3.8) is 0 Å². The van der Waals surface area contributed by atoms with Gasteiger partial charge < -0.3 is 10.6 Å². The van der Waals surface area contributed by atoms with E-state index in [0.717, 1.165) is 24.9 Å². The molecule has 1 aliphatic heterocycles. The number of likely N-dealkylation sites (tertiary alicyclic amines) is 1. The highest BCUT2D eigenvalue weighted by molar-refractivity contribution is 7.07. The lowest BCUT2D eigenvalue weighted by molar-refractivity contribution is -0.134. The smallest absolute Gasteiger partial charge is 0.227 e. The van der Waals surface area contributed by atoms with E-state index in [1.807, 2.05) is 21.7 Å². The van der Waals surface area contributed by atoms with Crippen LogP contribution in [-0.2, 0) is 11.2 Å². The third-order valence-corrected chi connectivity index (χ3v) is 4.24. The highest BCUT2D eigenvalue weighted by Crippen LogP contribution is 2.22. The Morgan fingerprint density at radius 1 is 1.61 bits per heavy atom. The first-order chi connectivity index (χ1) is 8.20. The molecule has 0 aliphatic carbocycles. The zero-order valence-electron chi connectivity index (χ0n) is 10.7. The van der Waals surface area contributed by atoms with E-state index in [-0.39, 0.29) is 24.4 Å². The number of carbonyl (C=O) groups excluding carboxylic acids is 1. The van der Waals surface area contributed by atoms with Crippen molar-refractivity contribution in [1.82, 2.24) is 4.90 Å². The summed E-state index contributed by atoms with van der Waals surface area (Å²) in [6.07, 6.45) is 2.67. The first-order valence-electron chi connectivity index (χ1n) is 6.21. The monoisotopic (exact) mass is 288 g/mol. The van der Waals surface area contributed by atoms with E-state index in [0.29, 0.717) is 18.9 Å². The molecule has 3 nitrogen and oxygen atoms in total. The summed E-state index contributed by atoms with van der Waals surface area (Å²) in [5.74, 6) is 0.916. The third kappa shape index (κ3) is 3.70. The molecule has 18 heavy (non-hydrogen) atoms. The average Bonchev–Trinajstić information content (AvgIpc) is 2.81. The van der Waals surface area contributed by atoms with E-state index in [1.54, 1.807) is 11.3 Å².